The molecule has 0 aromatic rings. The van der Waals surface area contributed by atoms with Crippen LogP contribution in [0.4, 0.5) is 0 Å². The van der Waals surface area contributed by atoms with Gasteiger partial charge in [-0.1, -0.05) is 19.4 Å². The Morgan fingerprint density at radius 1 is 1.39 bits per heavy atom. The van der Waals surface area contributed by atoms with Crippen LogP contribution in [0.25, 0.3) is 0 Å². The van der Waals surface area contributed by atoms with E-state index in [4.69, 9.17) is 4.74 Å². The van der Waals surface area contributed by atoms with Gasteiger partial charge in [0.05, 0.1) is 12.0 Å². The Balaban J connectivity index is 2.05. The van der Waals surface area contributed by atoms with E-state index in [9.17, 15) is 9.90 Å². The van der Waals surface area contributed by atoms with E-state index in [0.717, 1.165) is 25.7 Å². The number of ether oxygens (including phenoxy) is 1. The van der Waals surface area contributed by atoms with Gasteiger partial charge in [-0.2, -0.15) is 0 Å². The van der Waals surface area contributed by atoms with Crippen LogP contribution >= 0.6 is 0 Å². The van der Waals surface area contributed by atoms with E-state index in [1.807, 2.05) is 6.92 Å². The van der Waals surface area contributed by atoms with Crippen LogP contribution in [0.1, 0.15) is 46.5 Å². The maximum Gasteiger partial charge on any atom is 0.309 e. The van der Waals surface area contributed by atoms with Gasteiger partial charge in [-0.15, -0.1) is 0 Å². The molecule has 0 aromatic carbocycles. The van der Waals surface area contributed by atoms with Crippen molar-refractivity contribution in [3.63, 3.8) is 0 Å². The zero-order chi connectivity index (χ0) is 13.1. The molecule has 100 valence electrons. The Morgan fingerprint density at radius 3 is 2.83 bits per heavy atom. The summed E-state index contributed by atoms with van der Waals surface area (Å²) in [5.74, 6) is 0.273. The summed E-state index contributed by atoms with van der Waals surface area (Å²) in [4.78, 5) is 11.8. The SMILES string of the molecule is CC1=C2[C@H]3OC(=O)[C@H](C)[C@@H]3CC[C@@]2(C)[C@H](O)CC1. The van der Waals surface area contributed by atoms with Gasteiger partial charge in [0.1, 0.15) is 6.10 Å². The molecule has 3 aliphatic rings. The number of aliphatic hydroxyl groups excluding tert-OH is 1. The molecule has 3 heteroatoms. The normalized spacial score (nSPS) is 47.7. The van der Waals surface area contributed by atoms with Crippen molar-refractivity contribution in [2.45, 2.75) is 58.7 Å². The number of fused-ring (bicyclic) bond motifs is 3. The summed E-state index contributed by atoms with van der Waals surface area (Å²) in [6.07, 6.45) is 3.38. The van der Waals surface area contributed by atoms with E-state index in [1.165, 1.54) is 11.1 Å². The highest BCUT2D eigenvalue weighted by molar-refractivity contribution is 5.75. The Labute approximate surface area is 108 Å². The predicted molar refractivity (Wildman–Crippen MR) is 67.8 cm³/mol. The second-order valence-corrected chi connectivity index (χ2v) is 6.51. The quantitative estimate of drug-likeness (QED) is 0.530. The van der Waals surface area contributed by atoms with E-state index < -0.39 is 0 Å². The number of carbonyl (C=O) groups excluding carboxylic acids is 1. The fourth-order valence-electron chi connectivity index (χ4n) is 4.24. The number of carbonyl (C=O) groups is 1. The third-order valence-corrected chi connectivity index (χ3v) is 5.53. The summed E-state index contributed by atoms with van der Waals surface area (Å²) in [7, 11) is 0. The van der Waals surface area contributed by atoms with Crippen molar-refractivity contribution in [1.82, 2.24) is 0 Å². The third kappa shape index (κ3) is 1.43. The van der Waals surface area contributed by atoms with Crippen molar-refractivity contribution >= 4 is 5.97 Å². The first kappa shape index (κ1) is 12.2. The summed E-state index contributed by atoms with van der Waals surface area (Å²) in [5, 5.41) is 10.4. The summed E-state index contributed by atoms with van der Waals surface area (Å²) >= 11 is 0. The standard InChI is InChI=1S/C15H22O3/c1-8-4-5-11(16)15(3)7-6-10-9(2)14(17)18-13(10)12(8)15/h9-11,13,16H,4-7H2,1-3H3/t9-,10+,11-,13+,15+/m1/s1. The van der Waals surface area contributed by atoms with Gasteiger partial charge in [0.2, 0.25) is 0 Å². The first-order valence-electron chi connectivity index (χ1n) is 7.04. The van der Waals surface area contributed by atoms with Crippen LogP contribution in [-0.4, -0.2) is 23.3 Å². The van der Waals surface area contributed by atoms with Crippen molar-refractivity contribution in [2.75, 3.05) is 0 Å². The Bertz CT molecular complexity index is 425. The molecule has 3 nitrogen and oxygen atoms in total. The zero-order valence-electron chi connectivity index (χ0n) is 11.4. The van der Waals surface area contributed by atoms with Crippen molar-refractivity contribution in [3.05, 3.63) is 11.1 Å². The number of hydrogen-bond acceptors (Lipinski definition) is 3. The van der Waals surface area contributed by atoms with E-state index in [-0.39, 0.29) is 29.5 Å². The van der Waals surface area contributed by atoms with Crippen LogP contribution < -0.4 is 0 Å². The lowest BCUT2D eigenvalue weighted by molar-refractivity contribution is -0.143. The van der Waals surface area contributed by atoms with Crippen LogP contribution in [0.3, 0.4) is 0 Å². The maximum atomic E-state index is 11.8. The average molecular weight is 250 g/mol. The van der Waals surface area contributed by atoms with Gasteiger partial charge in [-0.3, -0.25) is 4.79 Å². The predicted octanol–water partition coefficient (Wildman–Crippen LogP) is 2.44. The molecule has 0 unspecified atom stereocenters. The Kier molecular flexibility index (Phi) is 2.60. The molecule has 3 rings (SSSR count). The lowest BCUT2D eigenvalue weighted by Gasteiger charge is -2.48. The molecule has 18 heavy (non-hydrogen) atoms. The zero-order valence-corrected chi connectivity index (χ0v) is 11.4. The minimum absolute atomic E-state index is 0.0129. The van der Waals surface area contributed by atoms with Gasteiger partial charge in [0, 0.05) is 11.3 Å². The molecule has 0 amide bonds. The fraction of sp³-hybridized carbons (Fsp3) is 0.800. The molecular formula is C15H22O3. The number of esters is 1. The van der Waals surface area contributed by atoms with Gasteiger partial charge in [0.25, 0.3) is 0 Å². The molecule has 1 saturated heterocycles. The van der Waals surface area contributed by atoms with E-state index in [0.29, 0.717) is 5.92 Å². The molecule has 1 aliphatic heterocycles. The number of aliphatic hydroxyl groups is 1. The Morgan fingerprint density at radius 2 is 2.11 bits per heavy atom. The average Bonchev–Trinajstić information content (AvgIpc) is 2.60. The van der Waals surface area contributed by atoms with Gasteiger partial charge < -0.3 is 9.84 Å². The largest absolute Gasteiger partial charge is 0.457 e. The number of allylic oxidation sites excluding steroid dienone is 1. The molecule has 0 radical (unpaired) electrons. The first-order chi connectivity index (χ1) is 8.45. The van der Waals surface area contributed by atoms with Crippen molar-refractivity contribution in [1.29, 1.82) is 0 Å². The molecule has 1 N–H and O–H groups in total. The molecule has 1 saturated carbocycles. The topological polar surface area (TPSA) is 46.5 Å². The van der Waals surface area contributed by atoms with Crippen LogP contribution in [-0.2, 0) is 9.53 Å². The summed E-state index contributed by atoms with van der Waals surface area (Å²) in [6, 6.07) is 0. The summed E-state index contributed by atoms with van der Waals surface area (Å²) in [5.41, 5.74) is 2.39. The molecule has 0 spiro atoms. The molecule has 0 bridgehead atoms. The monoisotopic (exact) mass is 250 g/mol. The first-order valence-corrected chi connectivity index (χ1v) is 7.04. The smallest absolute Gasteiger partial charge is 0.309 e. The van der Waals surface area contributed by atoms with Crippen LogP contribution in [0.15, 0.2) is 11.1 Å². The van der Waals surface area contributed by atoms with E-state index in [1.54, 1.807) is 0 Å². The molecule has 2 aliphatic carbocycles. The second-order valence-electron chi connectivity index (χ2n) is 6.51. The lowest BCUT2D eigenvalue weighted by Crippen LogP contribution is -2.47. The fourth-order valence-corrected chi connectivity index (χ4v) is 4.24. The van der Waals surface area contributed by atoms with Crippen molar-refractivity contribution < 1.29 is 14.6 Å². The van der Waals surface area contributed by atoms with Crippen LogP contribution in [0.5, 0.6) is 0 Å². The van der Waals surface area contributed by atoms with Gasteiger partial charge in [-0.05, 0) is 38.2 Å². The summed E-state index contributed by atoms with van der Waals surface area (Å²) < 4.78 is 5.62. The highest BCUT2D eigenvalue weighted by Crippen LogP contribution is 2.55. The van der Waals surface area contributed by atoms with Crippen LogP contribution in [0.2, 0.25) is 0 Å². The van der Waals surface area contributed by atoms with E-state index in [2.05, 4.69) is 13.8 Å². The minimum Gasteiger partial charge on any atom is -0.457 e. The molecular weight excluding hydrogens is 228 g/mol. The molecule has 5 atom stereocenters. The van der Waals surface area contributed by atoms with E-state index >= 15 is 0 Å². The maximum absolute atomic E-state index is 11.8. The minimum atomic E-state index is -0.285. The van der Waals surface area contributed by atoms with Crippen LogP contribution in [0, 0.1) is 17.3 Å². The van der Waals surface area contributed by atoms with Gasteiger partial charge in [0.15, 0.2) is 0 Å². The second kappa shape index (κ2) is 3.83. The number of hydrogen-bond donors (Lipinski definition) is 1. The third-order valence-electron chi connectivity index (χ3n) is 5.53. The summed E-state index contributed by atoms with van der Waals surface area (Å²) in [6.45, 7) is 6.26. The molecule has 0 aromatic heterocycles. The highest BCUT2D eigenvalue weighted by atomic mass is 16.6. The van der Waals surface area contributed by atoms with Gasteiger partial charge in [-0.25, -0.2) is 0 Å². The Hall–Kier alpha value is -0.830. The molecule has 1 heterocycles. The van der Waals surface area contributed by atoms with Gasteiger partial charge >= 0.3 is 5.97 Å². The number of rotatable bonds is 0. The molecule has 2 fully saturated rings. The van der Waals surface area contributed by atoms with Crippen molar-refractivity contribution in [2.24, 2.45) is 17.3 Å². The highest BCUT2D eigenvalue weighted by Gasteiger charge is 2.55. The van der Waals surface area contributed by atoms with Crippen molar-refractivity contribution in [3.8, 4) is 0 Å². The lowest BCUT2D eigenvalue weighted by atomic mass is 9.58.